The maximum atomic E-state index is 16.2. The smallest absolute Gasteiger partial charge is 0.297 e. The molecule has 13 rings (SSSR count). The number of benzene rings is 3. The van der Waals surface area contributed by atoms with Crippen LogP contribution in [0.2, 0.25) is 0 Å². The van der Waals surface area contributed by atoms with Gasteiger partial charge in [-0.05, 0) is 105 Å². The Morgan fingerprint density at radius 2 is 1.68 bits per heavy atom. The first-order valence-corrected chi connectivity index (χ1v) is 28.0. The molecule has 6 aromatic rings. The third kappa shape index (κ3) is 8.42. The van der Waals surface area contributed by atoms with Gasteiger partial charge in [0.15, 0.2) is 11.4 Å². The predicted molar refractivity (Wildman–Crippen MR) is 284 cm³/mol. The molecular formula is C55H61N11O9S. The van der Waals surface area contributed by atoms with E-state index in [4.69, 9.17) is 29.7 Å². The van der Waals surface area contributed by atoms with Crippen molar-refractivity contribution in [1.29, 1.82) is 0 Å². The first kappa shape index (κ1) is 48.6. The van der Waals surface area contributed by atoms with Crippen LogP contribution in [0.25, 0.3) is 11.0 Å². The van der Waals surface area contributed by atoms with E-state index in [1.807, 2.05) is 23.1 Å². The molecule has 0 radical (unpaired) electrons. The Morgan fingerprint density at radius 3 is 2.46 bits per heavy atom. The van der Waals surface area contributed by atoms with E-state index in [1.165, 1.54) is 17.2 Å². The van der Waals surface area contributed by atoms with Gasteiger partial charge in [-0.3, -0.25) is 19.8 Å². The van der Waals surface area contributed by atoms with Gasteiger partial charge in [-0.25, -0.2) is 18.4 Å². The van der Waals surface area contributed by atoms with Crippen LogP contribution in [0.15, 0.2) is 95.1 Å². The normalized spacial score (nSPS) is 23.9. The number of pyridine rings is 1. The fourth-order valence-electron chi connectivity index (χ4n) is 13.4. The number of carbonyl (C=O) groups is 1. The van der Waals surface area contributed by atoms with Crippen LogP contribution in [0.1, 0.15) is 72.5 Å². The maximum absolute atomic E-state index is 16.2. The highest BCUT2D eigenvalue weighted by atomic mass is 32.2. The van der Waals surface area contributed by atoms with Crippen molar-refractivity contribution in [2.45, 2.75) is 91.9 Å². The van der Waals surface area contributed by atoms with Crippen molar-refractivity contribution in [2.75, 3.05) is 85.8 Å². The van der Waals surface area contributed by atoms with E-state index in [0.717, 1.165) is 75.6 Å². The standard InChI is InChI=1S/C55H61N11O9S/c1-33-5-2-3-6-38(33)45-30-63(54-58-15-4-16-59-54)20-21-64(45)36-28-55(29-36)13-18-62(19-14-55)42-8-7-39(51(56)67)49(65-41-12-24-73-32-47(41)75-53-44(65)25-35-9-17-57-52(35)61-53)50(42)76(70,71)37-26-43(66(68)69)48-46(27-37)74-31-40(60-48)34-10-22-72-23-11-34/h2-9,15-17,25-27,34,36,40-41,45,47,60H,10-14,18-24,28-32H2,1H3,(H2,56,67)(H,57,61)/t40-,41-,45-,47-/m0/s1. The highest BCUT2D eigenvalue weighted by Crippen LogP contribution is 2.56. The topological polar surface area (TPSA) is 237 Å². The first-order chi connectivity index (χ1) is 36.9. The Labute approximate surface area is 439 Å². The molecule has 396 valence electrons. The van der Waals surface area contributed by atoms with Gasteiger partial charge in [-0.2, -0.15) is 4.98 Å². The van der Waals surface area contributed by atoms with Gasteiger partial charge in [-0.15, -0.1) is 0 Å². The molecule has 21 heteroatoms. The fourth-order valence-corrected chi connectivity index (χ4v) is 15.1. The molecule has 7 aliphatic rings. The van der Waals surface area contributed by atoms with E-state index in [0.29, 0.717) is 62.4 Å². The number of piperidine rings is 1. The molecule has 3 aromatic heterocycles. The van der Waals surface area contributed by atoms with E-state index >= 15 is 8.42 Å². The number of carbonyl (C=O) groups excluding carboxylic acids is 1. The lowest BCUT2D eigenvalue weighted by molar-refractivity contribution is -0.384. The van der Waals surface area contributed by atoms with Gasteiger partial charge in [0.05, 0.1) is 51.5 Å². The number of piperazine rings is 1. The number of rotatable bonds is 10. The lowest BCUT2D eigenvalue weighted by atomic mass is 9.59. The zero-order valence-electron chi connectivity index (χ0n) is 42.3. The maximum Gasteiger partial charge on any atom is 0.297 e. The van der Waals surface area contributed by atoms with Crippen LogP contribution in [-0.4, -0.2) is 134 Å². The van der Waals surface area contributed by atoms with Gasteiger partial charge in [0.2, 0.25) is 21.7 Å². The third-order valence-corrected chi connectivity index (χ3v) is 19.2. The minimum absolute atomic E-state index is 0.0308. The zero-order valence-corrected chi connectivity index (χ0v) is 43.1. The minimum Gasteiger partial charge on any atom is -0.489 e. The number of fused-ring (bicyclic) bond motifs is 4. The molecule has 1 saturated carbocycles. The van der Waals surface area contributed by atoms with E-state index in [-0.39, 0.29) is 75.0 Å². The van der Waals surface area contributed by atoms with Crippen LogP contribution in [0.4, 0.5) is 34.4 Å². The second kappa shape index (κ2) is 19.2. The number of H-pyrrole nitrogens is 1. The summed E-state index contributed by atoms with van der Waals surface area (Å²) in [6.45, 7) is 7.56. The van der Waals surface area contributed by atoms with Crippen molar-refractivity contribution >= 4 is 61.2 Å². The van der Waals surface area contributed by atoms with Gasteiger partial charge in [0.1, 0.15) is 28.9 Å². The number of nitro groups is 1. The van der Waals surface area contributed by atoms with Gasteiger partial charge in [-0.1, -0.05) is 24.3 Å². The lowest BCUT2D eigenvalue weighted by Gasteiger charge is -2.58. The van der Waals surface area contributed by atoms with Gasteiger partial charge < -0.3 is 49.7 Å². The summed E-state index contributed by atoms with van der Waals surface area (Å²) < 4.78 is 56.8. The third-order valence-electron chi connectivity index (χ3n) is 17.4. The van der Waals surface area contributed by atoms with E-state index < -0.39 is 38.5 Å². The van der Waals surface area contributed by atoms with Crippen molar-refractivity contribution in [3.8, 4) is 11.6 Å². The van der Waals surface area contributed by atoms with Crippen molar-refractivity contribution in [2.24, 2.45) is 17.1 Å². The molecule has 6 aliphatic heterocycles. The number of amides is 1. The zero-order chi connectivity index (χ0) is 51.9. The summed E-state index contributed by atoms with van der Waals surface area (Å²) in [6.07, 6.45) is 10.3. The Hall–Kier alpha value is -7.07. The molecule has 1 spiro atoms. The number of aromatic amines is 1. The van der Waals surface area contributed by atoms with Crippen LogP contribution in [0, 0.1) is 28.4 Å². The monoisotopic (exact) mass is 1050 g/mol. The van der Waals surface area contributed by atoms with Crippen molar-refractivity contribution < 1.29 is 37.1 Å². The molecule has 4 N–H and O–H groups in total. The fraction of sp³-hybridized carbons (Fsp3) is 0.455. The van der Waals surface area contributed by atoms with Crippen molar-refractivity contribution in [3.05, 3.63) is 112 Å². The number of ether oxygens (including phenoxy) is 4. The second-order valence-electron chi connectivity index (χ2n) is 21.6. The van der Waals surface area contributed by atoms with E-state index in [1.54, 1.807) is 30.7 Å². The largest absolute Gasteiger partial charge is 0.489 e. The van der Waals surface area contributed by atoms with Crippen molar-refractivity contribution in [1.82, 2.24) is 24.8 Å². The molecule has 3 aromatic carbocycles. The van der Waals surface area contributed by atoms with Crippen LogP contribution >= 0.6 is 0 Å². The van der Waals surface area contributed by atoms with Crippen LogP contribution in [0.5, 0.6) is 11.6 Å². The number of nitro benzene ring substituents is 1. The molecular weight excluding hydrogens is 991 g/mol. The summed E-state index contributed by atoms with van der Waals surface area (Å²) in [6, 6.07) is 19.7. The average molecular weight is 1050 g/mol. The van der Waals surface area contributed by atoms with Crippen LogP contribution in [-0.2, 0) is 19.3 Å². The molecule has 1 aliphatic carbocycles. The molecule has 76 heavy (non-hydrogen) atoms. The SMILES string of the molecule is Cc1ccccc1[C@@H]1CN(c2ncccn2)CCN1C1CC2(CCN(c3ccc(C(N)=O)c(N4c5cc6cc[nH]c6nc5O[C@H]5COCC[C@@H]54)c3S(=O)(=O)c3cc4c(c([N+](=O)[O-])c3)N[C@H](C3CCOCC3)CO4)CC2)C1. The number of primary amides is 1. The van der Waals surface area contributed by atoms with Gasteiger partial charge in [0, 0.05) is 94.7 Å². The lowest BCUT2D eigenvalue weighted by Crippen LogP contribution is -2.60. The summed E-state index contributed by atoms with van der Waals surface area (Å²) in [5, 5.41) is 17.2. The Bertz CT molecular complexity index is 3340. The van der Waals surface area contributed by atoms with Crippen LogP contribution in [0.3, 0.4) is 0 Å². The number of nitrogens with one attached hydrogen (secondary N) is 2. The summed E-state index contributed by atoms with van der Waals surface area (Å²) in [5.41, 5.74) is 10.0. The Kier molecular flexibility index (Phi) is 12.3. The molecule has 4 atom stereocenters. The highest BCUT2D eigenvalue weighted by molar-refractivity contribution is 7.91. The van der Waals surface area contributed by atoms with Crippen LogP contribution < -0.4 is 35.2 Å². The number of hydrogen-bond acceptors (Lipinski definition) is 17. The average Bonchev–Trinajstić information content (AvgIpc) is 4.05. The number of hydrogen-bond donors (Lipinski definition) is 3. The number of anilines is 5. The predicted octanol–water partition coefficient (Wildman–Crippen LogP) is 7.10. The van der Waals surface area contributed by atoms with Gasteiger partial charge >= 0.3 is 0 Å². The number of sulfone groups is 1. The van der Waals surface area contributed by atoms with E-state index in [9.17, 15) is 14.9 Å². The number of nitrogens with zero attached hydrogens (tertiary/aromatic N) is 8. The minimum atomic E-state index is -4.79. The summed E-state index contributed by atoms with van der Waals surface area (Å²) in [4.78, 5) is 52.1. The summed E-state index contributed by atoms with van der Waals surface area (Å²) in [5.74, 6) is 0.334. The molecule has 5 fully saturated rings. The van der Waals surface area contributed by atoms with Crippen molar-refractivity contribution in [3.63, 3.8) is 0 Å². The number of nitrogens with two attached hydrogens (primary N) is 1. The Morgan fingerprint density at radius 1 is 0.895 bits per heavy atom. The van der Waals surface area contributed by atoms with Gasteiger partial charge in [0.25, 0.3) is 11.6 Å². The number of aryl methyl sites for hydroxylation is 1. The molecule has 20 nitrogen and oxygen atoms in total. The first-order valence-electron chi connectivity index (χ1n) is 26.5. The quantitative estimate of drug-likeness (QED) is 0.0916. The molecule has 4 saturated heterocycles. The highest BCUT2D eigenvalue weighted by Gasteiger charge is 2.51. The number of aromatic nitrogens is 4. The second-order valence-corrected chi connectivity index (χ2v) is 23.5. The summed E-state index contributed by atoms with van der Waals surface area (Å²) >= 11 is 0. The Balaban J connectivity index is 0.881. The summed E-state index contributed by atoms with van der Waals surface area (Å²) in [7, 11) is -4.79. The molecule has 9 heterocycles. The molecule has 1 amide bonds. The molecule has 0 unspecified atom stereocenters. The van der Waals surface area contributed by atoms with E-state index in [2.05, 4.69) is 66.2 Å². The molecule has 0 bridgehead atoms.